The van der Waals surface area contributed by atoms with Crippen molar-refractivity contribution < 1.29 is 14.0 Å². The summed E-state index contributed by atoms with van der Waals surface area (Å²) in [5, 5.41) is 3.26. The number of fused-ring (bicyclic) bond motifs is 1. The van der Waals surface area contributed by atoms with Gasteiger partial charge in [0, 0.05) is 52.0 Å². The van der Waals surface area contributed by atoms with Gasteiger partial charge in [0.15, 0.2) is 5.96 Å². The number of hydrogen-bond donors (Lipinski definition) is 1. The van der Waals surface area contributed by atoms with E-state index >= 15 is 0 Å². The summed E-state index contributed by atoms with van der Waals surface area (Å²) in [4.78, 5) is 34.9. The van der Waals surface area contributed by atoms with Gasteiger partial charge in [-0.1, -0.05) is 12.1 Å². The standard InChI is InChI=1S/C22H24FN5O2.HI/c1-24-22(27-14-12-26(13-15-27)17-8-6-16(23)7-9-17)25-10-11-28-20(29)18-4-2-3-5-19(18)21(28)30;/h2-9H,10-15H2,1H3,(H,24,25);1H. The summed E-state index contributed by atoms with van der Waals surface area (Å²) < 4.78 is 13.1. The molecule has 0 spiro atoms. The van der Waals surface area contributed by atoms with E-state index < -0.39 is 0 Å². The van der Waals surface area contributed by atoms with Crippen molar-refractivity contribution in [2.45, 2.75) is 0 Å². The van der Waals surface area contributed by atoms with E-state index in [-0.39, 0.29) is 48.2 Å². The number of guanidine groups is 1. The van der Waals surface area contributed by atoms with Crippen LogP contribution in [0.3, 0.4) is 0 Å². The van der Waals surface area contributed by atoms with Gasteiger partial charge in [0.05, 0.1) is 11.1 Å². The zero-order chi connectivity index (χ0) is 21.1. The molecule has 2 heterocycles. The number of carbonyl (C=O) groups excluding carboxylic acids is 2. The minimum Gasteiger partial charge on any atom is -0.368 e. The van der Waals surface area contributed by atoms with Crippen molar-refractivity contribution in [1.82, 2.24) is 15.1 Å². The first-order valence-corrected chi connectivity index (χ1v) is 10.00. The van der Waals surface area contributed by atoms with Crippen LogP contribution in [-0.2, 0) is 0 Å². The number of piperazine rings is 1. The van der Waals surface area contributed by atoms with Crippen LogP contribution in [0.5, 0.6) is 0 Å². The summed E-state index contributed by atoms with van der Waals surface area (Å²) in [6.45, 7) is 3.83. The molecule has 0 saturated carbocycles. The molecule has 1 N–H and O–H groups in total. The number of amides is 2. The third-order valence-corrected chi connectivity index (χ3v) is 5.48. The molecule has 164 valence electrons. The van der Waals surface area contributed by atoms with Crippen LogP contribution in [0.1, 0.15) is 20.7 Å². The lowest BCUT2D eigenvalue weighted by Gasteiger charge is -2.37. The SMILES string of the molecule is CN=C(NCCN1C(=O)c2ccccc2C1=O)N1CCN(c2ccc(F)cc2)CC1.I. The molecule has 2 aromatic rings. The lowest BCUT2D eigenvalue weighted by atomic mass is 10.1. The quantitative estimate of drug-likeness (QED) is 0.281. The second-order valence-electron chi connectivity index (χ2n) is 7.23. The van der Waals surface area contributed by atoms with Gasteiger partial charge in [-0.2, -0.15) is 0 Å². The first-order valence-electron chi connectivity index (χ1n) is 10.00. The zero-order valence-electron chi connectivity index (χ0n) is 17.3. The lowest BCUT2D eigenvalue weighted by molar-refractivity contribution is 0.0657. The summed E-state index contributed by atoms with van der Waals surface area (Å²) in [5.41, 5.74) is 1.93. The van der Waals surface area contributed by atoms with Crippen molar-refractivity contribution >= 4 is 47.4 Å². The molecule has 0 unspecified atom stereocenters. The number of halogens is 2. The number of nitrogens with one attached hydrogen (secondary N) is 1. The fourth-order valence-corrected chi connectivity index (χ4v) is 3.88. The third kappa shape index (κ3) is 4.81. The molecule has 0 aromatic heterocycles. The highest BCUT2D eigenvalue weighted by Gasteiger charge is 2.34. The highest BCUT2D eigenvalue weighted by atomic mass is 127. The number of anilines is 1. The minimum absolute atomic E-state index is 0. The fourth-order valence-electron chi connectivity index (χ4n) is 3.88. The number of carbonyl (C=O) groups is 2. The topological polar surface area (TPSA) is 68.2 Å². The monoisotopic (exact) mass is 537 g/mol. The average Bonchev–Trinajstić information content (AvgIpc) is 3.02. The second kappa shape index (κ2) is 10.1. The molecule has 0 aliphatic carbocycles. The Morgan fingerprint density at radius 3 is 2.10 bits per heavy atom. The van der Waals surface area contributed by atoms with E-state index in [1.807, 2.05) is 0 Å². The Morgan fingerprint density at radius 2 is 1.55 bits per heavy atom. The second-order valence-corrected chi connectivity index (χ2v) is 7.23. The smallest absolute Gasteiger partial charge is 0.261 e. The number of aliphatic imine (C=N–C) groups is 1. The van der Waals surface area contributed by atoms with Gasteiger partial charge < -0.3 is 15.1 Å². The van der Waals surface area contributed by atoms with Crippen LogP contribution in [0.15, 0.2) is 53.5 Å². The number of nitrogens with zero attached hydrogens (tertiary/aromatic N) is 4. The summed E-state index contributed by atoms with van der Waals surface area (Å²) in [6.07, 6.45) is 0. The molecule has 2 amide bonds. The average molecular weight is 537 g/mol. The Hall–Kier alpha value is -2.69. The third-order valence-electron chi connectivity index (χ3n) is 5.48. The highest BCUT2D eigenvalue weighted by Crippen LogP contribution is 2.22. The fraction of sp³-hybridized carbons (Fsp3) is 0.318. The molecule has 4 rings (SSSR count). The molecule has 9 heteroatoms. The van der Waals surface area contributed by atoms with Crippen LogP contribution in [-0.4, -0.2) is 73.9 Å². The van der Waals surface area contributed by atoms with Gasteiger partial charge in [0.25, 0.3) is 11.8 Å². The van der Waals surface area contributed by atoms with E-state index in [1.54, 1.807) is 43.4 Å². The van der Waals surface area contributed by atoms with Crippen molar-refractivity contribution in [3.8, 4) is 0 Å². The normalized spacial score (nSPS) is 16.3. The molecular weight excluding hydrogens is 512 g/mol. The van der Waals surface area contributed by atoms with Crippen LogP contribution < -0.4 is 10.2 Å². The molecule has 0 radical (unpaired) electrons. The van der Waals surface area contributed by atoms with Gasteiger partial charge in [0.1, 0.15) is 5.82 Å². The van der Waals surface area contributed by atoms with Gasteiger partial charge >= 0.3 is 0 Å². The summed E-state index contributed by atoms with van der Waals surface area (Å²) in [6, 6.07) is 13.4. The lowest BCUT2D eigenvalue weighted by Crippen LogP contribution is -2.53. The van der Waals surface area contributed by atoms with Crippen molar-refractivity contribution in [1.29, 1.82) is 0 Å². The van der Waals surface area contributed by atoms with E-state index in [4.69, 9.17) is 0 Å². The molecule has 2 aliphatic heterocycles. The van der Waals surface area contributed by atoms with Gasteiger partial charge in [-0.3, -0.25) is 19.5 Å². The number of rotatable bonds is 4. The van der Waals surface area contributed by atoms with Gasteiger partial charge in [-0.15, -0.1) is 24.0 Å². The van der Waals surface area contributed by atoms with E-state index in [1.165, 1.54) is 17.0 Å². The van der Waals surface area contributed by atoms with Gasteiger partial charge in [0.2, 0.25) is 0 Å². The maximum Gasteiger partial charge on any atom is 0.261 e. The van der Waals surface area contributed by atoms with Gasteiger partial charge in [-0.05, 0) is 36.4 Å². The minimum atomic E-state index is -0.250. The van der Waals surface area contributed by atoms with Crippen molar-refractivity contribution in [3.05, 3.63) is 65.5 Å². The Balaban J connectivity index is 0.00000272. The molecule has 1 fully saturated rings. The van der Waals surface area contributed by atoms with Crippen LogP contribution in [0.4, 0.5) is 10.1 Å². The molecule has 0 bridgehead atoms. The van der Waals surface area contributed by atoms with E-state index in [0.29, 0.717) is 17.7 Å². The Bertz CT molecular complexity index is 939. The Labute approximate surface area is 197 Å². The molecule has 2 aromatic carbocycles. The van der Waals surface area contributed by atoms with E-state index in [0.717, 1.165) is 37.8 Å². The summed E-state index contributed by atoms with van der Waals surface area (Å²) >= 11 is 0. The van der Waals surface area contributed by atoms with Crippen LogP contribution in [0, 0.1) is 5.82 Å². The maximum absolute atomic E-state index is 13.1. The van der Waals surface area contributed by atoms with Crippen LogP contribution >= 0.6 is 24.0 Å². The highest BCUT2D eigenvalue weighted by molar-refractivity contribution is 14.0. The van der Waals surface area contributed by atoms with Crippen molar-refractivity contribution in [2.75, 3.05) is 51.2 Å². The summed E-state index contributed by atoms with van der Waals surface area (Å²) in [5.74, 6) is 0.00557. The van der Waals surface area contributed by atoms with Crippen LogP contribution in [0.25, 0.3) is 0 Å². The molecule has 0 atom stereocenters. The Kier molecular flexibility index (Phi) is 7.47. The maximum atomic E-state index is 13.1. The largest absolute Gasteiger partial charge is 0.368 e. The number of benzene rings is 2. The van der Waals surface area contributed by atoms with Crippen molar-refractivity contribution in [2.24, 2.45) is 4.99 Å². The van der Waals surface area contributed by atoms with Crippen molar-refractivity contribution in [3.63, 3.8) is 0 Å². The van der Waals surface area contributed by atoms with E-state index in [9.17, 15) is 14.0 Å². The molecular formula is C22H25FIN5O2. The first-order chi connectivity index (χ1) is 14.6. The predicted molar refractivity (Wildman–Crippen MR) is 129 cm³/mol. The summed E-state index contributed by atoms with van der Waals surface area (Å²) in [7, 11) is 1.72. The molecule has 31 heavy (non-hydrogen) atoms. The molecule has 7 nitrogen and oxygen atoms in total. The van der Waals surface area contributed by atoms with Crippen LogP contribution in [0.2, 0.25) is 0 Å². The Morgan fingerprint density at radius 1 is 0.968 bits per heavy atom. The molecule has 2 aliphatic rings. The zero-order valence-corrected chi connectivity index (χ0v) is 19.6. The molecule has 1 saturated heterocycles. The predicted octanol–water partition coefficient (Wildman–Crippen LogP) is 2.44. The first kappa shape index (κ1) is 23.0. The number of imide groups is 1. The van der Waals surface area contributed by atoms with Gasteiger partial charge in [-0.25, -0.2) is 4.39 Å². The number of hydrogen-bond acceptors (Lipinski definition) is 4. The van der Waals surface area contributed by atoms with E-state index in [2.05, 4.69) is 20.1 Å².